The zero-order valence-corrected chi connectivity index (χ0v) is 24.6. The van der Waals surface area contributed by atoms with Crippen LogP contribution in [0.2, 0.25) is 18.1 Å². The van der Waals surface area contributed by atoms with Crippen molar-refractivity contribution in [2.45, 2.75) is 142 Å². The SMILES string of the molecule is CC(C)CCCCCCCCCCC[C@@H](OCc1ccccc1)[C@H](O)CO[Si](C)(C)C(C)(C)C. The van der Waals surface area contributed by atoms with Crippen molar-refractivity contribution < 1.29 is 14.3 Å². The number of aliphatic hydroxyl groups is 1. The molecular weight excluding hydrogens is 436 g/mol. The highest BCUT2D eigenvalue weighted by atomic mass is 28.4. The molecule has 198 valence electrons. The minimum Gasteiger partial charge on any atom is -0.414 e. The van der Waals surface area contributed by atoms with E-state index in [0.29, 0.717) is 13.2 Å². The lowest BCUT2D eigenvalue weighted by Crippen LogP contribution is -2.44. The smallest absolute Gasteiger partial charge is 0.192 e. The lowest BCUT2D eigenvalue weighted by Gasteiger charge is -2.37. The minimum atomic E-state index is -1.89. The van der Waals surface area contributed by atoms with Gasteiger partial charge >= 0.3 is 0 Å². The number of hydrogen-bond donors (Lipinski definition) is 1. The summed E-state index contributed by atoms with van der Waals surface area (Å²) < 4.78 is 12.5. The van der Waals surface area contributed by atoms with Gasteiger partial charge in [0.1, 0.15) is 6.10 Å². The normalized spacial score (nSPS) is 14.5. The Balaban J connectivity index is 2.37. The Morgan fingerprint density at radius 3 is 1.79 bits per heavy atom. The van der Waals surface area contributed by atoms with Crippen LogP contribution in [0.15, 0.2) is 30.3 Å². The van der Waals surface area contributed by atoms with E-state index >= 15 is 0 Å². The van der Waals surface area contributed by atoms with Gasteiger partial charge in [-0.05, 0) is 36.0 Å². The Labute approximate surface area is 213 Å². The molecule has 1 aromatic rings. The zero-order chi connectivity index (χ0) is 25.5. The van der Waals surface area contributed by atoms with E-state index in [2.05, 4.69) is 59.8 Å². The number of unbranched alkanes of at least 4 members (excludes halogenated alkanes) is 8. The third kappa shape index (κ3) is 14.0. The summed E-state index contributed by atoms with van der Waals surface area (Å²) in [5.41, 5.74) is 1.15. The summed E-state index contributed by atoms with van der Waals surface area (Å²) in [5.74, 6) is 0.845. The number of rotatable bonds is 19. The quantitative estimate of drug-likeness (QED) is 0.155. The Bertz CT molecular complexity index is 609. The van der Waals surface area contributed by atoms with Gasteiger partial charge in [-0.15, -0.1) is 0 Å². The molecule has 0 aromatic heterocycles. The first kappa shape index (κ1) is 31.3. The van der Waals surface area contributed by atoms with E-state index < -0.39 is 14.4 Å². The maximum atomic E-state index is 11.0. The summed E-state index contributed by atoms with van der Waals surface area (Å²) in [6, 6.07) is 10.3. The first-order valence-electron chi connectivity index (χ1n) is 14.0. The van der Waals surface area contributed by atoms with Crippen molar-refractivity contribution in [3.8, 4) is 0 Å². The predicted octanol–water partition coefficient (Wildman–Crippen LogP) is 8.90. The first-order valence-corrected chi connectivity index (χ1v) is 16.9. The molecule has 0 radical (unpaired) electrons. The van der Waals surface area contributed by atoms with Gasteiger partial charge in [0, 0.05) is 0 Å². The van der Waals surface area contributed by atoms with Gasteiger partial charge in [-0.3, -0.25) is 0 Å². The van der Waals surface area contributed by atoms with Crippen LogP contribution in [-0.4, -0.2) is 32.2 Å². The molecule has 2 atom stereocenters. The van der Waals surface area contributed by atoms with Crippen molar-refractivity contribution in [3.05, 3.63) is 35.9 Å². The second-order valence-electron chi connectivity index (χ2n) is 12.1. The molecule has 0 saturated heterocycles. The highest BCUT2D eigenvalue weighted by Crippen LogP contribution is 2.36. The summed E-state index contributed by atoms with van der Waals surface area (Å²) in [4.78, 5) is 0. The van der Waals surface area contributed by atoms with E-state index in [0.717, 1.165) is 24.3 Å². The number of hydrogen-bond acceptors (Lipinski definition) is 3. The fourth-order valence-corrected chi connectivity index (χ4v) is 4.94. The molecule has 0 fully saturated rings. The average molecular weight is 493 g/mol. The molecule has 0 saturated carbocycles. The van der Waals surface area contributed by atoms with Gasteiger partial charge in [-0.2, -0.15) is 0 Å². The van der Waals surface area contributed by atoms with Gasteiger partial charge in [0.15, 0.2) is 8.32 Å². The van der Waals surface area contributed by atoms with Crippen LogP contribution in [0.4, 0.5) is 0 Å². The monoisotopic (exact) mass is 492 g/mol. The summed E-state index contributed by atoms with van der Waals surface area (Å²) in [5, 5.41) is 11.1. The molecule has 1 N–H and O–H groups in total. The predicted molar refractivity (Wildman–Crippen MR) is 150 cm³/mol. The van der Waals surface area contributed by atoms with Crippen molar-refractivity contribution in [1.82, 2.24) is 0 Å². The lowest BCUT2D eigenvalue weighted by molar-refractivity contribution is -0.0671. The fraction of sp³-hybridized carbons (Fsp3) is 0.800. The van der Waals surface area contributed by atoms with E-state index in [1.165, 1.54) is 57.8 Å². The Morgan fingerprint density at radius 2 is 1.29 bits per heavy atom. The molecule has 0 amide bonds. The van der Waals surface area contributed by atoms with Crippen LogP contribution in [0.5, 0.6) is 0 Å². The molecule has 0 heterocycles. The molecule has 1 rings (SSSR count). The van der Waals surface area contributed by atoms with Crippen LogP contribution >= 0.6 is 0 Å². The Kier molecular flexibility index (Phi) is 15.6. The van der Waals surface area contributed by atoms with Gasteiger partial charge in [0.2, 0.25) is 0 Å². The molecule has 0 bridgehead atoms. The van der Waals surface area contributed by atoms with Crippen LogP contribution in [0.25, 0.3) is 0 Å². The van der Waals surface area contributed by atoms with Gasteiger partial charge in [-0.25, -0.2) is 0 Å². The maximum Gasteiger partial charge on any atom is 0.192 e. The van der Waals surface area contributed by atoms with Crippen LogP contribution in [0.1, 0.15) is 111 Å². The summed E-state index contributed by atoms with van der Waals surface area (Å²) in [6.07, 6.45) is 13.4. The van der Waals surface area contributed by atoms with Gasteiger partial charge in [0.25, 0.3) is 0 Å². The maximum absolute atomic E-state index is 11.0. The molecule has 0 aliphatic heterocycles. The number of aliphatic hydroxyl groups excluding tert-OH is 1. The number of ether oxygens (including phenoxy) is 1. The Hall–Kier alpha value is -0.683. The summed E-state index contributed by atoms with van der Waals surface area (Å²) >= 11 is 0. The van der Waals surface area contributed by atoms with Crippen molar-refractivity contribution in [1.29, 1.82) is 0 Å². The van der Waals surface area contributed by atoms with Crippen LogP contribution < -0.4 is 0 Å². The van der Waals surface area contributed by atoms with Crippen LogP contribution in [0, 0.1) is 5.92 Å². The van der Waals surface area contributed by atoms with Crippen LogP contribution in [-0.2, 0) is 15.8 Å². The lowest BCUT2D eigenvalue weighted by atomic mass is 10.0. The molecule has 3 nitrogen and oxygen atoms in total. The standard InChI is InChI=1S/C30H56O3Si/c1-26(2)20-16-13-11-9-8-10-12-14-19-23-29(32-24-27-21-17-15-18-22-27)28(31)25-33-34(6,7)30(3,4)5/h15,17-18,21-22,26,28-29,31H,8-14,16,19-20,23-25H2,1-7H3/t28-,29-/m1/s1. The van der Waals surface area contributed by atoms with E-state index in [9.17, 15) is 5.11 Å². The molecule has 4 heteroatoms. The molecule has 1 aromatic carbocycles. The highest BCUT2D eigenvalue weighted by molar-refractivity contribution is 6.74. The van der Waals surface area contributed by atoms with Gasteiger partial charge < -0.3 is 14.3 Å². The molecule has 34 heavy (non-hydrogen) atoms. The molecule has 0 aliphatic carbocycles. The summed E-state index contributed by atoms with van der Waals surface area (Å²) in [6.45, 7) is 16.7. The fourth-order valence-electron chi connectivity index (χ4n) is 3.92. The highest BCUT2D eigenvalue weighted by Gasteiger charge is 2.38. The topological polar surface area (TPSA) is 38.7 Å². The van der Waals surface area contributed by atoms with E-state index in [1.807, 2.05) is 18.2 Å². The van der Waals surface area contributed by atoms with Crippen molar-refractivity contribution in [2.75, 3.05) is 6.61 Å². The largest absolute Gasteiger partial charge is 0.414 e. The average Bonchev–Trinajstić information content (AvgIpc) is 2.77. The van der Waals surface area contributed by atoms with E-state index in [1.54, 1.807) is 0 Å². The molecular formula is C30H56O3Si. The van der Waals surface area contributed by atoms with E-state index in [4.69, 9.17) is 9.16 Å². The minimum absolute atomic E-state index is 0.140. The summed E-state index contributed by atoms with van der Waals surface area (Å²) in [7, 11) is -1.89. The molecule has 0 unspecified atom stereocenters. The van der Waals surface area contributed by atoms with Crippen molar-refractivity contribution in [2.24, 2.45) is 5.92 Å². The third-order valence-electron chi connectivity index (χ3n) is 7.43. The van der Waals surface area contributed by atoms with Crippen LogP contribution in [0.3, 0.4) is 0 Å². The van der Waals surface area contributed by atoms with E-state index in [-0.39, 0.29) is 11.1 Å². The molecule has 0 aliphatic rings. The first-order chi connectivity index (χ1) is 16.0. The third-order valence-corrected chi connectivity index (χ3v) is 11.9. The second kappa shape index (κ2) is 16.9. The molecule has 0 spiro atoms. The Morgan fingerprint density at radius 1 is 0.794 bits per heavy atom. The zero-order valence-electron chi connectivity index (χ0n) is 23.6. The van der Waals surface area contributed by atoms with Gasteiger partial charge in [-0.1, -0.05) is 129 Å². The van der Waals surface area contributed by atoms with Gasteiger partial charge in [0.05, 0.1) is 19.3 Å². The number of benzene rings is 1. The van der Waals surface area contributed by atoms with Crippen molar-refractivity contribution in [3.63, 3.8) is 0 Å². The second-order valence-corrected chi connectivity index (χ2v) is 16.9. The van der Waals surface area contributed by atoms with Crippen molar-refractivity contribution >= 4 is 8.32 Å².